The highest BCUT2D eigenvalue weighted by molar-refractivity contribution is 6.30. The molecule has 0 N–H and O–H groups in total. The summed E-state index contributed by atoms with van der Waals surface area (Å²) in [6.07, 6.45) is 5.84. The number of halogens is 2. The van der Waals surface area contributed by atoms with E-state index in [1.165, 1.54) is 0 Å². The second-order valence-electron chi connectivity index (χ2n) is 3.70. The first-order chi connectivity index (χ1) is 7.25. The zero-order valence-corrected chi connectivity index (χ0v) is 9.10. The van der Waals surface area contributed by atoms with Crippen LogP contribution in [-0.2, 0) is 6.42 Å². The van der Waals surface area contributed by atoms with E-state index in [0.29, 0.717) is 11.4 Å². The first-order valence-electron chi connectivity index (χ1n) is 5.04. The van der Waals surface area contributed by atoms with E-state index in [0.717, 1.165) is 24.0 Å². The van der Waals surface area contributed by atoms with Gasteiger partial charge < -0.3 is 0 Å². The number of hydrogen-bond donors (Lipinski definition) is 0. The van der Waals surface area contributed by atoms with Gasteiger partial charge in [0.1, 0.15) is 5.83 Å². The van der Waals surface area contributed by atoms with Gasteiger partial charge in [-0.25, -0.2) is 4.39 Å². The van der Waals surface area contributed by atoms with Crippen molar-refractivity contribution >= 4 is 11.6 Å². The Morgan fingerprint density at radius 3 is 2.93 bits per heavy atom. The van der Waals surface area contributed by atoms with Crippen molar-refractivity contribution in [2.45, 2.75) is 19.3 Å². The van der Waals surface area contributed by atoms with Gasteiger partial charge in [0.15, 0.2) is 0 Å². The second kappa shape index (κ2) is 4.63. The third-order valence-electron chi connectivity index (χ3n) is 2.52. The van der Waals surface area contributed by atoms with Crippen LogP contribution < -0.4 is 0 Å². The van der Waals surface area contributed by atoms with Crippen LogP contribution in [0.4, 0.5) is 4.39 Å². The van der Waals surface area contributed by atoms with Crippen molar-refractivity contribution in [3.05, 3.63) is 58.4 Å². The summed E-state index contributed by atoms with van der Waals surface area (Å²) in [5.74, 6) is -0.0822. The molecule has 15 heavy (non-hydrogen) atoms. The Labute approximate surface area is 94.1 Å². The minimum atomic E-state index is -0.0822. The first kappa shape index (κ1) is 10.4. The second-order valence-corrected chi connectivity index (χ2v) is 4.14. The van der Waals surface area contributed by atoms with Crippen LogP contribution >= 0.6 is 11.6 Å². The molecule has 2 heteroatoms. The lowest BCUT2D eigenvalue weighted by Crippen LogP contribution is -1.96. The van der Waals surface area contributed by atoms with Crippen molar-refractivity contribution in [3.63, 3.8) is 0 Å². The summed E-state index contributed by atoms with van der Waals surface area (Å²) in [6.45, 7) is 0. The maximum Gasteiger partial charge on any atom is 0.122 e. The molecule has 0 nitrogen and oxygen atoms in total. The van der Waals surface area contributed by atoms with Gasteiger partial charge in [-0.3, -0.25) is 0 Å². The average Bonchev–Trinajstić information content (AvgIpc) is 2.22. The van der Waals surface area contributed by atoms with Crippen LogP contribution in [0.15, 0.2) is 47.8 Å². The van der Waals surface area contributed by atoms with Crippen molar-refractivity contribution in [2.75, 3.05) is 0 Å². The van der Waals surface area contributed by atoms with Crippen molar-refractivity contribution in [1.82, 2.24) is 0 Å². The Balaban J connectivity index is 2.18. The SMILES string of the molecule is FC1=C(Cc2cccc(Cl)c2)CCC=C1. The fourth-order valence-corrected chi connectivity index (χ4v) is 1.96. The molecule has 1 aliphatic carbocycles. The number of benzene rings is 1. The zero-order valence-electron chi connectivity index (χ0n) is 8.34. The highest BCUT2D eigenvalue weighted by Crippen LogP contribution is 2.24. The minimum absolute atomic E-state index is 0.0822. The van der Waals surface area contributed by atoms with E-state index in [-0.39, 0.29) is 5.83 Å². The fraction of sp³-hybridized carbons (Fsp3) is 0.231. The Hall–Kier alpha value is -1.08. The number of allylic oxidation sites excluding steroid dienone is 4. The first-order valence-corrected chi connectivity index (χ1v) is 5.42. The smallest absolute Gasteiger partial charge is 0.122 e. The van der Waals surface area contributed by atoms with Gasteiger partial charge in [-0.15, -0.1) is 0 Å². The maximum absolute atomic E-state index is 13.4. The number of hydrogen-bond acceptors (Lipinski definition) is 0. The van der Waals surface area contributed by atoms with Crippen LogP contribution in [0, 0.1) is 0 Å². The molecule has 0 saturated heterocycles. The van der Waals surface area contributed by atoms with Gasteiger partial charge in [0.05, 0.1) is 0 Å². The molecule has 0 saturated carbocycles. The molecule has 0 fully saturated rings. The molecule has 0 spiro atoms. The molecule has 0 heterocycles. The summed E-state index contributed by atoms with van der Waals surface area (Å²) in [7, 11) is 0. The van der Waals surface area contributed by atoms with E-state index >= 15 is 0 Å². The lowest BCUT2D eigenvalue weighted by atomic mass is 9.97. The largest absolute Gasteiger partial charge is 0.207 e. The average molecular weight is 223 g/mol. The molecule has 0 radical (unpaired) electrons. The van der Waals surface area contributed by atoms with Gasteiger partial charge in [-0.2, -0.15) is 0 Å². The van der Waals surface area contributed by atoms with Gasteiger partial charge in [0, 0.05) is 5.02 Å². The monoisotopic (exact) mass is 222 g/mol. The van der Waals surface area contributed by atoms with Crippen LogP contribution in [0.5, 0.6) is 0 Å². The van der Waals surface area contributed by atoms with Crippen LogP contribution in [-0.4, -0.2) is 0 Å². The predicted octanol–water partition coefficient (Wildman–Crippen LogP) is 4.46. The van der Waals surface area contributed by atoms with Gasteiger partial charge in [0.25, 0.3) is 0 Å². The Kier molecular flexibility index (Phi) is 3.22. The van der Waals surface area contributed by atoms with Crippen molar-refractivity contribution < 1.29 is 4.39 Å². The molecule has 0 aromatic heterocycles. The van der Waals surface area contributed by atoms with E-state index < -0.39 is 0 Å². The summed E-state index contributed by atoms with van der Waals surface area (Å²) in [5.41, 5.74) is 1.95. The molecule has 0 bridgehead atoms. The lowest BCUT2D eigenvalue weighted by Gasteiger charge is -2.10. The molecule has 0 unspecified atom stereocenters. The van der Waals surface area contributed by atoms with E-state index in [2.05, 4.69) is 0 Å². The highest BCUT2D eigenvalue weighted by atomic mass is 35.5. The molecular formula is C13H12ClF. The summed E-state index contributed by atoms with van der Waals surface area (Å²) < 4.78 is 13.4. The predicted molar refractivity (Wildman–Crippen MR) is 61.7 cm³/mol. The molecule has 78 valence electrons. The molecule has 1 aromatic carbocycles. The van der Waals surface area contributed by atoms with Crippen molar-refractivity contribution in [3.8, 4) is 0 Å². The molecule has 1 aromatic rings. The van der Waals surface area contributed by atoms with E-state index in [1.54, 1.807) is 6.08 Å². The Morgan fingerprint density at radius 2 is 2.20 bits per heavy atom. The van der Waals surface area contributed by atoms with Crippen LogP contribution in [0.25, 0.3) is 0 Å². The standard InChI is InChI=1S/C13H12ClF/c14-12-6-3-4-10(9-12)8-11-5-1-2-7-13(11)15/h2-4,6-7,9H,1,5,8H2. The van der Waals surface area contributed by atoms with Crippen LogP contribution in [0.1, 0.15) is 18.4 Å². The van der Waals surface area contributed by atoms with Gasteiger partial charge >= 0.3 is 0 Å². The van der Waals surface area contributed by atoms with Gasteiger partial charge in [-0.05, 0) is 48.6 Å². The summed E-state index contributed by atoms with van der Waals surface area (Å²) in [4.78, 5) is 0. The maximum atomic E-state index is 13.4. The quantitative estimate of drug-likeness (QED) is 0.693. The van der Waals surface area contributed by atoms with E-state index in [1.807, 2.05) is 30.3 Å². The number of rotatable bonds is 2. The third-order valence-corrected chi connectivity index (χ3v) is 2.76. The molecule has 0 atom stereocenters. The highest BCUT2D eigenvalue weighted by Gasteiger charge is 2.08. The summed E-state index contributed by atoms with van der Waals surface area (Å²) in [5, 5.41) is 0.708. The topological polar surface area (TPSA) is 0 Å². The van der Waals surface area contributed by atoms with E-state index in [4.69, 9.17) is 11.6 Å². The van der Waals surface area contributed by atoms with Crippen molar-refractivity contribution in [2.24, 2.45) is 0 Å². The summed E-state index contributed by atoms with van der Waals surface area (Å²) in [6, 6.07) is 7.59. The fourth-order valence-electron chi connectivity index (χ4n) is 1.75. The molecule has 2 rings (SSSR count). The Morgan fingerprint density at radius 1 is 1.33 bits per heavy atom. The zero-order chi connectivity index (χ0) is 10.7. The van der Waals surface area contributed by atoms with E-state index in [9.17, 15) is 4.39 Å². The van der Waals surface area contributed by atoms with Gasteiger partial charge in [0.2, 0.25) is 0 Å². The molecule has 1 aliphatic rings. The Bertz CT molecular complexity index is 418. The van der Waals surface area contributed by atoms with Crippen molar-refractivity contribution in [1.29, 1.82) is 0 Å². The lowest BCUT2D eigenvalue weighted by molar-refractivity contribution is 0.629. The molecule has 0 amide bonds. The van der Waals surface area contributed by atoms with Crippen LogP contribution in [0.2, 0.25) is 5.02 Å². The minimum Gasteiger partial charge on any atom is -0.207 e. The third kappa shape index (κ3) is 2.69. The van der Waals surface area contributed by atoms with Gasteiger partial charge in [-0.1, -0.05) is 29.8 Å². The molecule has 0 aliphatic heterocycles. The van der Waals surface area contributed by atoms with Crippen LogP contribution in [0.3, 0.4) is 0 Å². The normalized spacial score (nSPS) is 15.9. The molecular weight excluding hydrogens is 211 g/mol. The summed E-state index contributed by atoms with van der Waals surface area (Å²) >= 11 is 5.88.